The van der Waals surface area contributed by atoms with Gasteiger partial charge >= 0.3 is 0 Å². The Labute approximate surface area is 137 Å². The average Bonchev–Trinajstić information content (AvgIpc) is 2.87. The van der Waals surface area contributed by atoms with Crippen molar-refractivity contribution in [2.75, 3.05) is 31.3 Å². The SMILES string of the molecule is CNc1cc(C(=O)Nc2nc3c(s2)CN(C)CC3)cc(Cl)n1. The maximum Gasteiger partial charge on any atom is 0.257 e. The van der Waals surface area contributed by atoms with Gasteiger partial charge in [-0.15, -0.1) is 11.3 Å². The van der Waals surface area contributed by atoms with Gasteiger partial charge in [-0.05, 0) is 19.2 Å². The molecule has 0 saturated heterocycles. The highest BCUT2D eigenvalue weighted by molar-refractivity contribution is 7.15. The molecule has 3 heterocycles. The van der Waals surface area contributed by atoms with Crippen molar-refractivity contribution >= 4 is 39.8 Å². The van der Waals surface area contributed by atoms with Gasteiger partial charge in [0.1, 0.15) is 11.0 Å². The van der Waals surface area contributed by atoms with Gasteiger partial charge in [-0.3, -0.25) is 10.1 Å². The first-order valence-corrected chi connectivity index (χ1v) is 8.08. The third kappa shape index (κ3) is 3.21. The van der Waals surface area contributed by atoms with E-state index in [0.29, 0.717) is 16.5 Å². The smallest absolute Gasteiger partial charge is 0.257 e. The number of hydrogen-bond donors (Lipinski definition) is 2. The number of fused-ring (bicyclic) bond motifs is 1. The maximum atomic E-state index is 12.3. The topological polar surface area (TPSA) is 70.2 Å². The van der Waals surface area contributed by atoms with Gasteiger partial charge < -0.3 is 10.2 Å². The van der Waals surface area contributed by atoms with Crippen LogP contribution < -0.4 is 10.6 Å². The summed E-state index contributed by atoms with van der Waals surface area (Å²) >= 11 is 7.45. The number of halogens is 1. The third-order valence-electron chi connectivity index (χ3n) is 3.45. The van der Waals surface area contributed by atoms with Crippen LogP contribution in [-0.4, -0.2) is 41.4 Å². The van der Waals surface area contributed by atoms with Crippen LogP contribution in [0.25, 0.3) is 0 Å². The van der Waals surface area contributed by atoms with Crippen LogP contribution in [-0.2, 0) is 13.0 Å². The Bertz CT molecular complexity index is 717. The summed E-state index contributed by atoms with van der Waals surface area (Å²) in [4.78, 5) is 24.4. The number of amides is 1. The fourth-order valence-corrected chi connectivity index (χ4v) is 3.59. The zero-order valence-corrected chi connectivity index (χ0v) is 13.9. The first kappa shape index (κ1) is 15.2. The number of likely N-dealkylation sites (N-methyl/N-ethyl adjacent to an activating group) is 1. The van der Waals surface area contributed by atoms with Gasteiger partial charge in [0.2, 0.25) is 0 Å². The van der Waals surface area contributed by atoms with E-state index in [9.17, 15) is 4.79 Å². The number of nitrogens with one attached hydrogen (secondary N) is 2. The van der Waals surface area contributed by atoms with Gasteiger partial charge in [0, 0.05) is 37.0 Å². The van der Waals surface area contributed by atoms with Gasteiger partial charge in [0.15, 0.2) is 5.13 Å². The standard InChI is InChI=1S/C14H16ClN5OS/c1-16-12-6-8(5-11(15)18-12)13(21)19-14-17-9-3-4-20(2)7-10(9)22-14/h5-6H,3-4,7H2,1-2H3,(H,16,18)(H,17,19,21). The van der Waals surface area contributed by atoms with E-state index in [0.717, 1.165) is 25.2 Å². The molecule has 1 aliphatic rings. The van der Waals surface area contributed by atoms with Gasteiger partial charge in [-0.1, -0.05) is 11.6 Å². The van der Waals surface area contributed by atoms with Crippen molar-refractivity contribution in [3.63, 3.8) is 0 Å². The molecule has 2 N–H and O–H groups in total. The summed E-state index contributed by atoms with van der Waals surface area (Å²) in [5.74, 6) is 0.318. The highest BCUT2D eigenvalue weighted by Crippen LogP contribution is 2.28. The number of nitrogens with zero attached hydrogens (tertiary/aromatic N) is 3. The molecule has 0 aromatic carbocycles. The highest BCUT2D eigenvalue weighted by atomic mass is 35.5. The number of carbonyl (C=O) groups is 1. The summed E-state index contributed by atoms with van der Waals surface area (Å²) < 4.78 is 0. The fourth-order valence-electron chi connectivity index (χ4n) is 2.30. The van der Waals surface area contributed by atoms with Crippen LogP contribution in [0.3, 0.4) is 0 Å². The molecule has 0 radical (unpaired) electrons. The van der Waals surface area contributed by atoms with E-state index in [1.807, 2.05) is 0 Å². The van der Waals surface area contributed by atoms with Crippen LogP contribution >= 0.6 is 22.9 Å². The highest BCUT2D eigenvalue weighted by Gasteiger charge is 2.19. The molecular formula is C14H16ClN5OS. The van der Waals surface area contributed by atoms with Crippen LogP contribution in [0.15, 0.2) is 12.1 Å². The molecule has 0 unspecified atom stereocenters. The minimum atomic E-state index is -0.236. The Morgan fingerprint density at radius 2 is 2.23 bits per heavy atom. The second-order valence-electron chi connectivity index (χ2n) is 5.14. The van der Waals surface area contributed by atoms with E-state index < -0.39 is 0 Å². The summed E-state index contributed by atoms with van der Waals surface area (Å²) in [5.41, 5.74) is 1.54. The molecular weight excluding hydrogens is 322 g/mol. The number of thiazole rings is 1. The van der Waals surface area contributed by atoms with Gasteiger partial charge in [-0.2, -0.15) is 0 Å². The third-order valence-corrected chi connectivity index (χ3v) is 4.65. The zero-order chi connectivity index (χ0) is 15.7. The lowest BCUT2D eigenvalue weighted by molar-refractivity contribution is 0.102. The Kier molecular flexibility index (Phi) is 4.28. The normalized spacial score (nSPS) is 14.5. The predicted molar refractivity (Wildman–Crippen MR) is 88.9 cm³/mol. The minimum Gasteiger partial charge on any atom is -0.373 e. The molecule has 0 fully saturated rings. The summed E-state index contributed by atoms with van der Waals surface area (Å²) in [6, 6.07) is 3.20. The molecule has 116 valence electrons. The molecule has 8 heteroatoms. The molecule has 0 saturated carbocycles. The number of aromatic nitrogens is 2. The van der Waals surface area contributed by atoms with Crippen LogP contribution in [0.5, 0.6) is 0 Å². The molecule has 6 nitrogen and oxygen atoms in total. The Hall–Kier alpha value is -1.70. The summed E-state index contributed by atoms with van der Waals surface area (Å²) in [7, 11) is 3.81. The summed E-state index contributed by atoms with van der Waals surface area (Å²) in [6.07, 6.45) is 0.920. The molecule has 3 rings (SSSR count). The summed E-state index contributed by atoms with van der Waals surface area (Å²) in [5, 5.41) is 6.63. The lowest BCUT2D eigenvalue weighted by atomic mass is 10.2. The Balaban J connectivity index is 1.78. The van der Waals surface area contributed by atoms with E-state index in [-0.39, 0.29) is 11.1 Å². The van der Waals surface area contributed by atoms with Crippen molar-refractivity contribution in [2.24, 2.45) is 0 Å². The van der Waals surface area contributed by atoms with E-state index in [1.54, 1.807) is 19.2 Å². The van der Waals surface area contributed by atoms with Gasteiger partial charge in [0.25, 0.3) is 5.91 Å². The molecule has 1 aliphatic heterocycles. The lowest BCUT2D eigenvalue weighted by Crippen LogP contribution is -2.25. The van der Waals surface area contributed by atoms with Crippen LogP contribution in [0.2, 0.25) is 5.15 Å². The number of pyridine rings is 1. The van der Waals surface area contributed by atoms with Crippen molar-refractivity contribution in [2.45, 2.75) is 13.0 Å². The zero-order valence-electron chi connectivity index (χ0n) is 12.3. The number of anilines is 2. The first-order chi connectivity index (χ1) is 10.5. The van der Waals surface area contributed by atoms with Crippen LogP contribution in [0, 0.1) is 0 Å². The van der Waals surface area contributed by atoms with E-state index in [4.69, 9.17) is 11.6 Å². The second kappa shape index (κ2) is 6.20. The monoisotopic (exact) mass is 337 g/mol. The van der Waals surface area contributed by atoms with Crippen LogP contribution in [0.4, 0.5) is 10.9 Å². The van der Waals surface area contributed by atoms with Crippen molar-refractivity contribution < 1.29 is 4.79 Å². The van der Waals surface area contributed by atoms with Crippen LogP contribution in [0.1, 0.15) is 20.9 Å². The van der Waals surface area contributed by atoms with E-state index in [1.165, 1.54) is 16.2 Å². The molecule has 1 amide bonds. The molecule has 0 bridgehead atoms. The van der Waals surface area contributed by atoms with Gasteiger partial charge in [-0.25, -0.2) is 9.97 Å². The molecule has 0 spiro atoms. The fraction of sp³-hybridized carbons (Fsp3) is 0.357. The van der Waals surface area contributed by atoms with Crippen molar-refractivity contribution in [1.82, 2.24) is 14.9 Å². The Morgan fingerprint density at radius 3 is 3.00 bits per heavy atom. The number of carbonyl (C=O) groups excluding carboxylic acids is 1. The molecule has 0 aliphatic carbocycles. The minimum absolute atomic E-state index is 0.236. The number of rotatable bonds is 3. The van der Waals surface area contributed by atoms with E-state index in [2.05, 4.69) is 32.5 Å². The largest absolute Gasteiger partial charge is 0.373 e. The molecule has 22 heavy (non-hydrogen) atoms. The van der Waals surface area contributed by atoms with Gasteiger partial charge in [0.05, 0.1) is 5.69 Å². The predicted octanol–water partition coefficient (Wildman–Crippen LogP) is 2.47. The summed E-state index contributed by atoms with van der Waals surface area (Å²) in [6.45, 7) is 1.88. The lowest BCUT2D eigenvalue weighted by Gasteiger charge is -2.20. The maximum absolute atomic E-state index is 12.3. The average molecular weight is 338 g/mol. The van der Waals surface area contributed by atoms with E-state index >= 15 is 0 Å². The molecule has 2 aromatic heterocycles. The second-order valence-corrected chi connectivity index (χ2v) is 6.62. The van der Waals surface area contributed by atoms with Crippen molar-refractivity contribution in [1.29, 1.82) is 0 Å². The van der Waals surface area contributed by atoms with Crippen molar-refractivity contribution in [3.05, 3.63) is 33.4 Å². The Morgan fingerprint density at radius 1 is 1.41 bits per heavy atom. The molecule has 0 atom stereocenters. The number of hydrogen-bond acceptors (Lipinski definition) is 6. The quantitative estimate of drug-likeness (QED) is 0.842. The molecule has 2 aromatic rings. The first-order valence-electron chi connectivity index (χ1n) is 6.89. The van der Waals surface area contributed by atoms with Crippen molar-refractivity contribution in [3.8, 4) is 0 Å².